The lowest BCUT2D eigenvalue weighted by Gasteiger charge is -2.27. The van der Waals surface area contributed by atoms with Crippen molar-refractivity contribution < 1.29 is 42.9 Å². The lowest BCUT2D eigenvalue weighted by Crippen LogP contribution is -2.54. The van der Waals surface area contributed by atoms with Crippen LogP contribution in [0.15, 0.2) is 36.4 Å². The number of rotatable bonds is 10. The van der Waals surface area contributed by atoms with Crippen molar-refractivity contribution in [2.24, 2.45) is 0 Å². The Bertz CT molecular complexity index is 1370. The van der Waals surface area contributed by atoms with Crippen molar-refractivity contribution in [3.63, 3.8) is 0 Å². The molecule has 0 spiro atoms. The molecular formula is C28H30ClN3O9. The number of ether oxygens (including phenoxy) is 4. The van der Waals surface area contributed by atoms with E-state index in [1.807, 2.05) is 0 Å². The Labute approximate surface area is 241 Å². The molecular weight excluding hydrogens is 558 g/mol. The molecule has 1 fully saturated rings. The lowest BCUT2D eigenvalue weighted by molar-refractivity contribution is -0.136. The number of carbonyl (C=O) groups is 5. The zero-order valence-electron chi connectivity index (χ0n) is 22.8. The Morgan fingerprint density at radius 3 is 2.39 bits per heavy atom. The third-order valence-corrected chi connectivity index (χ3v) is 6.29. The molecule has 2 N–H and O–H groups in total. The number of hydrogen-bond donors (Lipinski definition) is 2. The molecule has 0 saturated carbocycles. The van der Waals surface area contributed by atoms with Crippen LogP contribution in [0, 0.1) is 0 Å². The number of carbonyl (C=O) groups excluding carboxylic acids is 5. The molecule has 1 unspecified atom stereocenters. The Kier molecular flexibility index (Phi) is 9.14. The Morgan fingerprint density at radius 1 is 1.00 bits per heavy atom. The largest absolute Gasteiger partial charge is 0.490 e. The monoisotopic (exact) mass is 587 g/mol. The van der Waals surface area contributed by atoms with Crippen LogP contribution in [0.25, 0.3) is 0 Å². The summed E-state index contributed by atoms with van der Waals surface area (Å²) >= 11 is 6.19. The summed E-state index contributed by atoms with van der Waals surface area (Å²) in [5, 5.41) is 5.14. The van der Waals surface area contributed by atoms with E-state index >= 15 is 0 Å². The first-order chi connectivity index (χ1) is 19.4. The number of anilines is 1. The molecule has 5 amide bonds. The second kappa shape index (κ2) is 12.6. The van der Waals surface area contributed by atoms with Gasteiger partial charge in [-0.3, -0.25) is 34.7 Å². The standard InChI is InChI=1S/C28H30ClN3O9/c1-28(2,3)41-27(37)30-16-7-8-18(29)21(15-16)40-14-12-38-11-13-39-20-6-4-5-17-23(20)26(36)32(25(17)35)19-9-10-22(33)31-24(19)34/h4-8,15,19H,9-14H2,1-3H3,(H,30,37)(H,31,33,34). The van der Waals surface area contributed by atoms with Crippen molar-refractivity contribution in [2.45, 2.75) is 45.3 Å². The van der Waals surface area contributed by atoms with Gasteiger partial charge in [-0.2, -0.15) is 0 Å². The minimum absolute atomic E-state index is 0.0365. The van der Waals surface area contributed by atoms with Gasteiger partial charge in [0.2, 0.25) is 11.8 Å². The molecule has 2 aromatic carbocycles. The normalized spacial score (nSPS) is 16.8. The van der Waals surface area contributed by atoms with E-state index in [0.717, 1.165) is 4.90 Å². The second-order valence-electron chi connectivity index (χ2n) is 10.2. The van der Waals surface area contributed by atoms with Crippen molar-refractivity contribution in [2.75, 3.05) is 31.7 Å². The molecule has 2 aliphatic heterocycles. The molecule has 13 heteroatoms. The van der Waals surface area contributed by atoms with Crippen LogP contribution in [0.1, 0.15) is 54.3 Å². The summed E-state index contributed by atoms with van der Waals surface area (Å²) < 4.78 is 22.2. The zero-order valence-corrected chi connectivity index (χ0v) is 23.5. The highest BCUT2D eigenvalue weighted by Gasteiger charge is 2.46. The van der Waals surface area contributed by atoms with Crippen molar-refractivity contribution in [1.82, 2.24) is 10.2 Å². The van der Waals surface area contributed by atoms with Gasteiger partial charge in [0.05, 0.1) is 29.4 Å². The zero-order chi connectivity index (χ0) is 29.7. The van der Waals surface area contributed by atoms with E-state index in [-0.39, 0.29) is 56.1 Å². The summed E-state index contributed by atoms with van der Waals surface area (Å²) in [6.45, 7) is 5.86. The highest BCUT2D eigenvalue weighted by atomic mass is 35.5. The summed E-state index contributed by atoms with van der Waals surface area (Å²) in [6.07, 6.45) is -0.500. The van der Waals surface area contributed by atoms with E-state index < -0.39 is 41.4 Å². The predicted octanol–water partition coefficient (Wildman–Crippen LogP) is 3.56. The molecule has 12 nitrogen and oxygen atoms in total. The molecule has 218 valence electrons. The predicted molar refractivity (Wildman–Crippen MR) is 146 cm³/mol. The number of hydrogen-bond acceptors (Lipinski definition) is 9. The minimum Gasteiger partial charge on any atom is -0.490 e. The lowest BCUT2D eigenvalue weighted by atomic mass is 10.0. The molecule has 0 aromatic heterocycles. The second-order valence-corrected chi connectivity index (χ2v) is 10.6. The van der Waals surface area contributed by atoms with Crippen molar-refractivity contribution in [3.05, 3.63) is 52.5 Å². The first-order valence-electron chi connectivity index (χ1n) is 12.9. The van der Waals surface area contributed by atoms with Gasteiger partial charge in [0, 0.05) is 18.2 Å². The molecule has 0 aliphatic carbocycles. The van der Waals surface area contributed by atoms with Gasteiger partial charge in [0.15, 0.2) is 0 Å². The van der Waals surface area contributed by atoms with Gasteiger partial charge in [0.25, 0.3) is 11.8 Å². The van der Waals surface area contributed by atoms with Crippen molar-refractivity contribution in [3.8, 4) is 11.5 Å². The summed E-state index contributed by atoms with van der Waals surface area (Å²) in [5.74, 6) is -1.84. The molecule has 0 bridgehead atoms. The molecule has 4 rings (SSSR count). The molecule has 0 radical (unpaired) electrons. The fraction of sp³-hybridized carbons (Fsp3) is 0.393. The summed E-state index contributed by atoms with van der Waals surface area (Å²) in [5.41, 5.74) is 0.0139. The molecule has 2 heterocycles. The van der Waals surface area contributed by atoms with Crippen LogP contribution in [0.5, 0.6) is 11.5 Å². The number of benzene rings is 2. The number of piperidine rings is 1. The van der Waals surface area contributed by atoms with E-state index in [4.69, 9.17) is 30.5 Å². The van der Waals surface area contributed by atoms with Gasteiger partial charge in [-0.1, -0.05) is 17.7 Å². The molecule has 41 heavy (non-hydrogen) atoms. The van der Waals surface area contributed by atoms with E-state index in [9.17, 15) is 24.0 Å². The third kappa shape index (κ3) is 7.33. The number of nitrogens with one attached hydrogen (secondary N) is 2. The maximum Gasteiger partial charge on any atom is 0.412 e. The highest BCUT2D eigenvalue weighted by Crippen LogP contribution is 2.33. The maximum atomic E-state index is 13.1. The third-order valence-electron chi connectivity index (χ3n) is 5.98. The van der Waals surface area contributed by atoms with Gasteiger partial charge in [-0.05, 0) is 51.5 Å². The van der Waals surface area contributed by atoms with E-state index in [1.54, 1.807) is 51.1 Å². The first-order valence-corrected chi connectivity index (χ1v) is 13.3. The maximum absolute atomic E-state index is 13.1. The fourth-order valence-corrected chi connectivity index (χ4v) is 4.41. The van der Waals surface area contributed by atoms with E-state index in [2.05, 4.69) is 10.6 Å². The van der Waals surface area contributed by atoms with Crippen LogP contribution in [0.3, 0.4) is 0 Å². The minimum atomic E-state index is -1.06. The Balaban J connectivity index is 1.24. The Morgan fingerprint density at radius 2 is 1.71 bits per heavy atom. The number of amides is 5. The summed E-state index contributed by atoms with van der Waals surface area (Å²) in [4.78, 5) is 62.6. The van der Waals surface area contributed by atoms with Crippen LogP contribution in [-0.2, 0) is 19.1 Å². The van der Waals surface area contributed by atoms with Gasteiger partial charge in [-0.15, -0.1) is 0 Å². The smallest absolute Gasteiger partial charge is 0.412 e. The quantitative estimate of drug-likeness (QED) is 0.314. The van der Waals surface area contributed by atoms with Gasteiger partial charge in [-0.25, -0.2) is 4.79 Å². The molecule has 1 saturated heterocycles. The van der Waals surface area contributed by atoms with Crippen LogP contribution in [0.2, 0.25) is 5.02 Å². The van der Waals surface area contributed by atoms with Crippen molar-refractivity contribution in [1.29, 1.82) is 0 Å². The summed E-state index contributed by atoms with van der Waals surface area (Å²) in [7, 11) is 0. The van der Waals surface area contributed by atoms with Crippen LogP contribution < -0.4 is 20.1 Å². The fourth-order valence-electron chi connectivity index (χ4n) is 4.24. The molecule has 2 aromatic rings. The van der Waals surface area contributed by atoms with Crippen LogP contribution >= 0.6 is 11.6 Å². The average molecular weight is 588 g/mol. The van der Waals surface area contributed by atoms with Crippen molar-refractivity contribution >= 4 is 47.0 Å². The molecule has 1 atom stereocenters. The first kappa shape index (κ1) is 29.8. The Hall–Kier alpha value is -4.16. The van der Waals surface area contributed by atoms with Gasteiger partial charge < -0.3 is 18.9 Å². The average Bonchev–Trinajstić information content (AvgIpc) is 3.14. The summed E-state index contributed by atoms with van der Waals surface area (Å²) in [6, 6.07) is 8.35. The number of fused-ring (bicyclic) bond motifs is 1. The van der Waals surface area contributed by atoms with Gasteiger partial charge >= 0.3 is 6.09 Å². The number of nitrogens with zero attached hydrogens (tertiary/aromatic N) is 1. The van der Waals surface area contributed by atoms with Gasteiger partial charge in [0.1, 0.15) is 36.4 Å². The number of imide groups is 2. The highest BCUT2D eigenvalue weighted by molar-refractivity contribution is 6.32. The van der Waals surface area contributed by atoms with E-state index in [1.165, 1.54) is 6.07 Å². The van der Waals surface area contributed by atoms with E-state index in [0.29, 0.717) is 16.5 Å². The SMILES string of the molecule is CC(C)(C)OC(=O)Nc1ccc(Cl)c(OCCOCCOc2cccc3c2C(=O)N(C2CCC(=O)NC2=O)C3=O)c1. The topological polar surface area (TPSA) is 150 Å². The van der Waals surface area contributed by atoms with Crippen LogP contribution in [0.4, 0.5) is 10.5 Å². The van der Waals surface area contributed by atoms with Crippen LogP contribution in [-0.4, -0.2) is 72.7 Å². The molecule has 2 aliphatic rings. The number of halogens is 1.